The summed E-state index contributed by atoms with van der Waals surface area (Å²) in [5.41, 5.74) is 0.349. The molecule has 0 fully saturated rings. The van der Waals surface area contributed by atoms with Crippen molar-refractivity contribution in [2.24, 2.45) is 0 Å². The fourth-order valence-electron chi connectivity index (χ4n) is 1.19. The lowest BCUT2D eigenvalue weighted by Crippen LogP contribution is -2.02. The summed E-state index contributed by atoms with van der Waals surface area (Å²) in [6.07, 6.45) is 0.648. The molecule has 1 aromatic rings. The van der Waals surface area contributed by atoms with Crippen LogP contribution in [-0.2, 0) is 4.79 Å². The first-order valence-corrected chi connectivity index (χ1v) is 4.09. The highest BCUT2D eigenvalue weighted by Crippen LogP contribution is 2.29. The van der Waals surface area contributed by atoms with Gasteiger partial charge in [-0.1, -0.05) is 13.0 Å². The van der Waals surface area contributed by atoms with E-state index in [9.17, 15) is 13.6 Å². The van der Waals surface area contributed by atoms with Crippen molar-refractivity contribution in [2.75, 3.05) is 7.11 Å². The highest BCUT2D eigenvalue weighted by Gasteiger charge is 2.17. The van der Waals surface area contributed by atoms with E-state index in [2.05, 4.69) is 0 Å². The molecule has 0 aliphatic heterocycles. The van der Waals surface area contributed by atoms with Crippen LogP contribution in [0.4, 0.5) is 8.78 Å². The molecule has 0 saturated carbocycles. The minimum Gasteiger partial charge on any atom is -0.493 e. The summed E-state index contributed by atoms with van der Waals surface area (Å²) in [4.78, 5) is 10.5. The monoisotopic (exact) mass is 200 g/mol. The second kappa shape index (κ2) is 4.17. The van der Waals surface area contributed by atoms with Crippen LogP contribution in [0, 0.1) is 11.6 Å². The first kappa shape index (κ1) is 10.6. The highest BCUT2D eigenvalue weighted by molar-refractivity contribution is 5.63. The maximum absolute atomic E-state index is 13.1. The van der Waals surface area contributed by atoms with Gasteiger partial charge in [0, 0.05) is 11.5 Å². The lowest BCUT2D eigenvalue weighted by molar-refractivity contribution is -0.108. The molecule has 76 valence electrons. The number of carbonyl (C=O) groups excluding carboxylic acids is 1. The van der Waals surface area contributed by atoms with Crippen LogP contribution in [0.15, 0.2) is 12.1 Å². The van der Waals surface area contributed by atoms with Gasteiger partial charge in [-0.25, -0.2) is 4.39 Å². The van der Waals surface area contributed by atoms with E-state index in [1.54, 1.807) is 6.92 Å². The minimum atomic E-state index is -1.06. The van der Waals surface area contributed by atoms with Crippen molar-refractivity contribution in [1.29, 1.82) is 0 Å². The third-order valence-corrected chi connectivity index (χ3v) is 1.98. The minimum absolute atomic E-state index is 0.204. The van der Waals surface area contributed by atoms with Gasteiger partial charge in [-0.2, -0.15) is 4.39 Å². The third-order valence-electron chi connectivity index (χ3n) is 1.98. The SMILES string of the molecule is COc1c(C(C)C=O)ccc(F)c1F. The van der Waals surface area contributed by atoms with Gasteiger partial charge in [0.2, 0.25) is 5.82 Å². The van der Waals surface area contributed by atoms with Crippen molar-refractivity contribution in [3.63, 3.8) is 0 Å². The van der Waals surface area contributed by atoms with Crippen molar-refractivity contribution in [1.82, 2.24) is 0 Å². The molecule has 14 heavy (non-hydrogen) atoms. The molecule has 0 saturated heterocycles. The summed E-state index contributed by atoms with van der Waals surface area (Å²) in [6, 6.07) is 2.32. The Hall–Kier alpha value is -1.45. The van der Waals surface area contributed by atoms with Gasteiger partial charge in [0.1, 0.15) is 6.29 Å². The van der Waals surface area contributed by atoms with Gasteiger partial charge in [0.25, 0.3) is 0 Å². The summed E-state index contributed by atoms with van der Waals surface area (Å²) < 4.78 is 30.6. The number of rotatable bonds is 3. The maximum Gasteiger partial charge on any atom is 0.200 e. The normalized spacial score (nSPS) is 12.3. The van der Waals surface area contributed by atoms with Crippen LogP contribution in [0.1, 0.15) is 18.4 Å². The lowest BCUT2D eigenvalue weighted by atomic mass is 10.0. The van der Waals surface area contributed by atoms with Gasteiger partial charge < -0.3 is 9.53 Å². The lowest BCUT2D eigenvalue weighted by Gasteiger charge is -2.11. The fourth-order valence-corrected chi connectivity index (χ4v) is 1.19. The Bertz CT molecular complexity index is 350. The highest BCUT2D eigenvalue weighted by atomic mass is 19.2. The van der Waals surface area contributed by atoms with Crippen LogP contribution in [-0.4, -0.2) is 13.4 Å². The van der Waals surface area contributed by atoms with Crippen LogP contribution in [0.5, 0.6) is 5.75 Å². The van der Waals surface area contributed by atoms with Gasteiger partial charge in [-0.3, -0.25) is 0 Å². The molecular formula is C10H10F2O2. The first-order chi connectivity index (χ1) is 6.61. The van der Waals surface area contributed by atoms with Crippen LogP contribution >= 0.6 is 0 Å². The molecule has 0 aliphatic rings. The second-order valence-corrected chi connectivity index (χ2v) is 2.91. The van der Waals surface area contributed by atoms with E-state index in [1.807, 2.05) is 0 Å². The van der Waals surface area contributed by atoms with Crippen LogP contribution in [0.2, 0.25) is 0 Å². The summed E-state index contributed by atoms with van der Waals surface area (Å²) in [6.45, 7) is 1.59. The zero-order chi connectivity index (χ0) is 10.7. The van der Waals surface area contributed by atoms with E-state index < -0.39 is 17.6 Å². The van der Waals surface area contributed by atoms with Gasteiger partial charge in [-0.05, 0) is 6.07 Å². The Morgan fingerprint density at radius 3 is 2.57 bits per heavy atom. The molecule has 0 aromatic heterocycles. The summed E-state index contributed by atoms with van der Waals surface area (Å²) in [5, 5.41) is 0. The average molecular weight is 200 g/mol. The molecule has 1 aromatic carbocycles. The van der Waals surface area contributed by atoms with E-state index in [4.69, 9.17) is 4.74 Å². The van der Waals surface area contributed by atoms with E-state index >= 15 is 0 Å². The van der Waals surface area contributed by atoms with Crippen LogP contribution in [0.25, 0.3) is 0 Å². The zero-order valence-corrected chi connectivity index (χ0v) is 7.88. The number of halogens is 2. The molecule has 1 unspecified atom stereocenters. The molecule has 0 heterocycles. The Kier molecular flexibility index (Phi) is 3.17. The largest absolute Gasteiger partial charge is 0.493 e. The predicted molar refractivity (Wildman–Crippen MR) is 47.4 cm³/mol. The summed E-state index contributed by atoms with van der Waals surface area (Å²) >= 11 is 0. The molecule has 0 aliphatic carbocycles. The van der Waals surface area contributed by atoms with Gasteiger partial charge >= 0.3 is 0 Å². The van der Waals surface area contributed by atoms with Gasteiger partial charge in [0.15, 0.2) is 11.6 Å². The Labute approximate surface area is 80.5 Å². The molecular weight excluding hydrogens is 190 g/mol. The first-order valence-electron chi connectivity index (χ1n) is 4.09. The number of hydrogen-bond acceptors (Lipinski definition) is 2. The molecule has 0 bridgehead atoms. The van der Waals surface area contributed by atoms with Gasteiger partial charge in [0.05, 0.1) is 7.11 Å². The molecule has 1 atom stereocenters. The predicted octanol–water partition coefficient (Wildman–Crippen LogP) is 2.28. The Morgan fingerprint density at radius 2 is 2.07 bits per heavy atom. The molecule has 2 nitrogen and oxygen atoms in total. The maximum atomic E-state index is 13.1. The molecule has 0 amide bonds. The Morgan fingerprint density at radius 1 is 1.43 bits per heavy atom. The van der Waals surface area contributed by atoms with Gasteiger partial charge in [-0.15, -0.1) is 0 Å². The zero-order valence-electron chi connectivity index (χ0n) is 7.88. The average Bonchev–Trinajstić information content (AvgIpc) is 2.20. The van der Waals surface area contributed by atoms with Crippen molar-refractivity contribution >= 4 is 6.29 Å². The molecule has 0 radical (unpaired) electrons. The fraction of sp³-hybridized carbons (Fsp3) is 0.300. The second-order valence-electron chi connectivity index (χ2n) is 2.91. The van der Waals surface area contributed by atoms with E-state index in [-0.39, 0.29) is 5.75 Å². The number of carbonyl (C=O) groups is 1. The number of aldehydes is 1. The smallest absolute Gasteiger partial charge is 0.200 e. The van der Waals surface area contributed by atoms with Crippen molar-refractivity contribution in [3.8, 4) is 5.75 Å². The van der Waals surface area contributed by atoms with E-state index in [0.29, 0.717) is 11.8 Å². The van der Waals surface area contributed by atoms with Crippen molar-refractivity contribution in [2.45, 2.75) is 12.8 Å². The molecule has 1 rings (SSSR count). The topological polar surface area (TPSA) is 26.3 Å². The van der Waals surface area contributed by atoms with Crippen molar-refractivity contribution < 1.29 is 18.3 Å². The van der Waals surface area contributed by atoms with E-state index in [0.717, 1.165) is 6.07 Å². The quantitative estimate of drug-likeness (QED) is 0.699. The van der Waals surface area contributed by atoms with E-state index in [1.165, 1.54) is 13.2 Å². The van der Waals surface area contributed by atoms with Crippen LogP contribution < -0.4 is 4.74 Å². The Balaban J connectivity index is 3.30. The molecule has 0 N–H and O–H groups in total. The number of ether oxygens (including phenoxy) is 1. The number of methoxy groups -OCH3 is 1. The standard InChI is InChI=1S/C10H10F2O2/c1-6(5-13)7-3-4-8(11)9(12)10(7)14-2/h3-6H,1-2H3. The molecule has 0 spiro atoms. The summed E-state index contributed by atoms with van der Waals surface area (Å²) in [5.74, 6) is -2.76. The number of hydrogen-bond donors (Lipinski definition) is 0. The van der Waals surface area contributed by atoms with Crippen molar-refractivity contribution in [3.05, 3.63) is 29.3 Å². The number of benzene rings is 1. The summed E-state index contributed by atoms with van der Waals surface area (Å²) in [7, 11) is 1.23. The van der Waals surface area contributed by atoms with Crippen LogP contribution in [0.3, 0.4) is 0 Å². The molecule has 4 heteroatoms. The third kappa shape index (κ3) is 1.73.